The SMILES string of the molecule is CCOc1ccc(NC(=O)c2cc(C3CCCN3)nn2C)c2ncccc12.O=C(O)C(F)(F)F. The number of fused-ring (bicyclic) bond motifs is 1. The van der Waals surface area contributed by atoms with Crippen LogP contribution in [0, 0.1) is 0 Å². The summed E-state index contributed by atoms with van der Waals surface area (Å²) in [7, 11) is 1.79. The van der Waals surface area contributed by atoms with Crippen molar-refractivity contribution >= 4 is 28.5 Å². The molecule has 0 bridgehead atoms. The highest BCUT2D eigenvalue weighted by atomic mass is 19.4. The molecule has 4 rings (SSSR count). The minimum atomic E-state index is -5.08. The Labute approximate surface area is 192 Å². The van der Waals surface area contributed by atoms with Gasteiger partial charge in [0, 0.05) is 18.6 Å². The van der Waals surface area contributed by atoms with Gasteiger partial charge in [-0.3, -0.25) is 14.5 Å². The predicted molar refractivity (Wildman–Crippen MR) is 118 cm³/mol. The Morgan fingerprint density at radius 3 is 2.68 bits per heavy atom. The van der Waals surface area contributed by atoms with Gasteiger partial charge in [-0.2, -0.15) is 18.3 Å². The number of benzene rings is 1. The van der Waals surface area contributed by atoms with Crippen LogP contribution in [0.25, 0.3) is 10.9 Å². The second-order valence-corrected chi connectivity index (χ2v) is 7.43. The van der Waals surface area contributed by atoms with Crippen molar-refractivity contribution in [3.8, 4) is 5.75 Å². The van der Waals surface area contributed by atoms with Crippen LogP contribution in [-0.2, 0) is 11.8 Å². The predicted octanol–water partition coefficient (Wildman–Crippen LogP) is 3.68. The van der Waals surface area contributed by atoms with E-state index in [2.05, 4.69) is 20.7 Å². The van der Waals surface area contributed by atoms with Crippen molar-refractivity contribution in [1.82, 2.24) is 20.1 Å². The highest BCUT2D eigenvalue weighted by molar-refractivity contribution is 6.08. The Balaban J connectivity index is 0.000000406. The molecule has 182 valence electrons. The quantitative estimate of drug-likeness (QED) is 0.511. The van der Waals surface area contributed by atoms with Crippen LogP contribution >= 0.6 is 0 Å². The minimum absolute atomic E-state index is 0.203. The maximum atomic E-state index is 12.9. The number of carboxylic acids is 1. The molecule has 3 N–H and O–H groups in total. The number of carbonyl (C=O) groups excluding carboxylic acids is 1. The number of hydrogen-bond acceptors (Lipinski definition) is 6. The number of nitrogens with one attached hydrogen (secondary N) is 2. The van der Waals surface area contributed by atoms with Gasteiger partial charge in [-0.15, -0.1) is 0 Å². The zero-order chi connectivity index (χ0) is 24.9. The van der Waals surface area contributed by atoms with E-state index in [0.29, 0.717) is 23.5 Å². The summed E-state index contributed by atoms with van der Waals surface area (Å²) >= 11 is 0. The number of rotatable bonds is 5. The van der Waals surface area contributed by atoms with Crippen LogP contribution in [0.15, 0.2) is 36.5 Å². The Hall–Kier alpha value is -3.67. The van der Waals surface area contributed by atoms with Gasteiger partial charge in [0.1, 0.15) is 11.4 Å². The van der Waals surface area contributed by atoms with Crippen molar-refractivity contribution in [3.05, 3.63) is 47.9 Å². The van der Waals surface area contributed by atoms with E-state index in [0.717, 1.165) is 36.2 Å². The Bertz CT molecular complexity index is 1170. The van der Waals surface area contributed by atoms with E-state index in [1.165, 1.54) is 0 Å². The average Bonchev–Trinajstić information content (AvgIpc) is 3.45. The molecule has 3 aromatic rings. The second kappa shape index (κ2) is 10.5. The maximum Gasteiger partial charge on any atom is 0.490 e. The van der Waals surface area contributed by atoms with E-state index in [4.69, 9.17) is 14.6 Å². The van der Waals surface area contributed by atoms with E-state index >= 15 is 0 Å². The van der Waals surface area contributed by atoms with E-state index in [9.17, 15) is 18.0 Å². The summed E-state index contributed by atoms with van der Waals surface area (Å²) in [6.07, 6.45) is -1.19. The van der Waals surface area contributed by atoms with Gasteiger partial charge in [-0.1, -0.05) is 0 Å². The van der Waals surface area contributed by atoms with Gasteiger partial charge in [0.25, 0.3) is 5.91 Å². The first-order valence-corrected chi connectivity index (χ1v) is 10.5. The third-order valence-electron chi connectivity index (χ3n) is 5.07. The molecule has 2 aromatic heterocycles. The van der Waals surface area contributed by atoms with Gasteiger partial charge in [-0.25, -0.2) is 4.79 Å². The molecular weight excluding hydrogens is 455 g/mol. The Kier molecular flexibility index (Phi) is 7.72. The summed E-state index contributed by atoms with van der Waals surface area (Å²) in [6.45, 7) is 3.51. The smallest absolute Gasteiger partial charge is 0.490 e. The molecule has 1 aromatic carbocycles. The van der Waals surface area contributed by atoms with Crippen LogP contribution in [0.3, 0.4) is 0 Å². The van der Waals surface area contributed by atoms with Gasteiger partial charge in [0.2, 0.25) is 0 Å². The number of halogens is 3. The van der Waals surface area contributed by atoms with Crippen molar-refractivity contribution in [3.63, 3.8) is 0 Å². The summed E-state index contributed by atoms with van der Waals surface area (Å²) in [5, 5.41) is 18.9. The number of anilines is 1. The van der Waals surface area contributed by atoms with Crippen LogP contribution in [-0.4, -0.2) is 51.1 Å². The number of carbonyl (C=O) groups is 2. The van der Waals surface area contributed by atoms with Gasteiger partial charge in [0.05, 0.1) is 29.5 Å². The van der Waals surface area contributed by atoms with E-state index in [-0.39, 0.29) is 11.9 Å². The van der Waals surface area contributed by atoms with Crippen molar-refractivity contribution < 1.29 is 32.6 Å². The molecule has 1 aliphatic rings. The lowest BCUT2D eigenvalue weighted by Crippen LogP contribution is -2.21. The van der Waals surface area contributed by atoms with Gasteiger partial charge in [-0.05, 0) is 56.6 Å². The number of hydrogen-bond donors (Lipinski definition) is 3. The number of alkyl halides is 3. The number of nitrogens with zero attached hydrogens (tertiary/aromatic N) is 3. The molecule has 0 saturated carbocycles. The first-order chi connectivity index (χ1) is 16.1. The van der Waals surface area contributed by atoms with E-state index < -0.39 is 12.1 Å². The summed E-state index contributed by atoms with van der Waals surface area (Å²) < 4.78 is 39.0. The third kappa shape index (κ3) is 5.81. The number of aliphatic carboxylic acids is 1. The molecule has 0 spiro atoms. The fourth-order valence-electron chi connectivity index (χ4n) is 3.52. The number of ether oxygens (including phenoxy) is 1. The van der Waals surface area contributed by atoms with E-state index in [1.54, 1.807) is 17.9 Å². The lowest BCUT2D eigenvalue weighted by atomic mass is 10.1. The van der Waals surface area contributed by atoms with Crippen LogP contribution in [0.5, 0.6) is 5.75 Å². The largest absolute Gasteiger partial charge is 0.493 e. The standard InChI is InChI=1S/C20H23N5O2.C2HF3O2/c1-3-27-18-9-8-15(19-13(18)6-4-11-22-19)23-20(26)17-12-16(24-25(17)2)14-7-5-10-21-14;3-2(4,5)1(6)7/h4,6,8-9,11-12,14,21H,3,5,7,10H2,1-2H3,(H,23,26);(H,6,7). The number of pyridine rings is 1. The molecule has 1 saturated heterocycles. The molecule has 1 amide bonds. The number of carboxylic acid groups (broad SMARTS) is 1. The van der Waals surface area contributed by atoms with Gasteiger partial charge >= 0.3 is 12.1 Å². The molecule has 1 atom stereocenters. The number of aromatic nitrogens is 3. The molecule has 34 heavy (non-hydrogen) atoms. The highest BCUT2D eigenvalue weighted by Gasteiger charge is 2.38. The molecule has 1 unspecified atom stereocenters. The van der Waals surface area contributed by atoms with Crippen molar-refractivity contribution in [2.45, 2.75) is 32.0 Å². The van der Waals surface area contributed by atoms with Crippen LogP contribution in [0.1, 0.15) is 42.0 Å². The number of amides is 1. The number of aryl methyl sites for hydroxylation is 1. The molecule has 9 nitrogen and oxygen atoms in total. The Morgan fingerprint density at radius 2 is 2.06 bits per heavy atom. The molecule has 0 aliphatic carbocycles. The molecule has 12 heteroatoms. The van der Waals surface area contributed by atoms with Crippen molar-refractivity contribution in [2.75, 3.05) is 18.5 Å². The van der Waals surface area contributed by atoms with Crippen LogP contribution < -0.4 is 15.4 Å². The normalized spacial score (nSPS) is 15.5. The third-order valence-corrected chi connectivity index (χ3v) is 5.07. The topological polar surface area (TPSA) is 118 Å². The fourth-order valence-corrected chi connectivity index (χ4v) is 3.52. The minimum Gasteiger partial charge on any atom is -0.493 e. The Morgan fingerprint density at radius 1 is 1.32 bits per heavy atom. The molecular formula is C22H24F3N5O4. The molecule has 1 fully saturated rings. The van der Waals surface area contributed by atoms with Gasteiger partial charge < -0.3 is 20.5 Å². The van der Waals surface area contributed by atoms with Crippen molar-refractivity contribution in [1.29, 1.82) is 0 Å². The van der Waals surface area contributed by atoms with Gasteiger partial charge in [0.15, 0.2) is 0 Å². The highest BCUT2D eigenvalue weighted by Crippen LogP contribution is 2.30. The summed E-state index contributed by atoms with van der Waals surface area (Å²) in [5.41, 5.74) is 2.80. The van der Waals surface area contributed by atoms with Crippen LogP contribution in [0.2, 0.25) is 0 Å². The second-order valence-electron chi connectivity index (χ2n) is 7.43. The summed E-state index contributed by atoms with van der Waals surface area (Å²) in [5.74, 6) is -2.20. The monoisotopic (exact) mass is 479 g/mol. The molecule has 1 aliphatic heterocycles. The zero-order valence-corrected chi connectivity index (χ0v) is 18.5. The van der Waals surface area contributed by atoms with E-state index in [1.807, 2.05) is 37.3 Å². The first kappa shape index (κ1) is 25.0. The zero-order valence-electron chi connectivity index (χ0n) is 18.5. The molecule has 0 radical (unpaired) electrons. The summed E-state index contributed by atoms with van der Waals surface area (Å²) in [4.78, 5) is 26.2. The van der Waals surface area contributed by atoms with Crippen molar-refractivity contribution in [2.24, 2.45) is 7.05 Å². The lowest BCUT2D eigenvalue weighted by molar-refractivity contribution is -0.192. The van der Waals surface area contributed by atoms with Crippen LogP contribution in [0.4, 0.5) is 18.9 Å². The average molecular weight is 479 g/mol. The summed E-state index contributed by atoms with van der Waals surface area (Å²) in [6, 6.07) is 9.58. The lowest BCUT2D eigenvalue weighted by Gasteiger charge is -2.11. The fraction of sp³-hybridized carbons (Fsp3) is 0.364. The molecule has 3 heterocycles. The maximum absolute atomic E-state index is 12.9. The first-order valence-electron chi connectivity index (χ1n) is 10.5.